The molecule has 1 aromatic heterocycles. The van der Waals surface area contributed by atoms with E-state index in [1.54, 1.807) is 20.8 Å². The third-order valence-corrected chi connectivity index (χ3v) is 5.71. The summed E-state index contributed by atoms with van der Waals surface area (Å²) in [5, 5.41) is 1.03. The van der Waals surface area contributed by atoms with Gasteiger partial charge in [0.05, 0.1) is 26.4 Å². The number of esters is 1. The molecule has 1 amide bonds. The van der Waals surface area contributed by atoms with Gasteiger partial charge in [0.25, 0.3) is 0 Å². The van der Waals surface area contributed by atoms with Gasteiger partial charge in [0, 0.05) is 23.0 Å². The molecule has 1 aliphatic heterocycles. The predicted octanol–water partition coefficient (Wildman–Crippen LogP) is 4.76. The highest BCUT2D eigenvalue weighted by molar-refractivity contribution is 5.89. The van der Waals surface area contributed by atoms with E-state index in [-0.39, 0.29) is 6.61 Å². The van der Waals surface area contributed by atoms with Crippen LogP contribution in [0.3, 0.4) is 0 Å². The van der Waals surface area contributed by atoms with Crippen molar-refractivity contribution < 1.29 is 23.8 Å². The van der Waals surface area contributed by atoms with Crippen molar-refractivity contribution in [1.82, 2.24) is 9.88 Å². The van der Waals surface area contributed by atoms with Crippen molar-refractivity contribution in [1.29, 1.82) is 0 Å². The molecule has 0 saturated heterocycles. The second-order valence-electron chi connectivity index (χ2n) is 9.21. The molecule has 7 nitrogen and oxygen atoms in total. The first kappa shape index (κ1) is 22.9. The van der Waals surface area contributed by atoms with Crippen LogP contribution in [0.4, 0.5) is 4.79 Å². The number of H-pyrrole nitrogens is 1. The van der Waals surface area contributed by atoms with Crippen molar-refractivity contribution >= 4 is 23.0 Å². The molecule has 0 fully saturated rings. The Morgan fingerprint density at radius 1 is 1.06 bits per heavy atom. The van der Waals surface area contributed by atoms with Crippen LogP contribution < -0.4 is 0 Å². The SMILES string of the molecule is COC(=O)[C@@H]1Cc2c([nH]c3ccccc23)[C@H](COCc2ccccc2)N1C(=O)OC(C)(C)C. The number of carbonyl (C=O) groups is 2. The smallest absolute Gasteiger partial charge is 0.411 e. The Labute approximate surface area is 193 Å². The Balaban J connectivity index is 1.73. The van der Waals surface area contributed by atoms with Gasteiger partial charge in [0.1, 0.15) is 11.6 Å². The third-order valence-electron chi connectivity index (χ3n) is 5.71. The lowest BCUT2D eigenvalue weighted by molar-refractivity contribution is -0.149. The fourth-order valence-electron chi connectivity index (χ4n) is 4.30. The molecule has 0 unspecified atom stereocenters. The molecule has 174 valence electrons. The minimum absolute atomic E-state index is 0.196. The highest BCUT2D eigenvalue weighted by atomic mass is 16.6. The first-order chi connectivity index (χ1) is 15.8. The van der Waals surface area contributed by atoms with Crippen LogP contribution in [0.15, 0.2) is 54.6 Å². The summed E-state index contributed by atoms with van der Waals surface area (Å²) < 4.78 is 16.8. The minimum Gasteiger partial charge on any atom is -0.467 e. The summed E-state index contributed by atoms with van der Waals surface area (Å²) in [4.78, 5) is 31.1. The van der Waals surface area contributed by atoms with Crippen molar-refractivity contribution in [3.63, 3.8) is 0 Å². The minimum atomic E-state index is -0.818. The molecule has 7 heteroatoms. The lowest BCUT2D eigenvalue weighted by Gasteiger charge is -2.40. The van der Waals surface area contributed by atoms with E-state index in [9.17, 15) is 9.59 Å². The molecule has 0 aliphatic carbocycles. The van der Waals surface area contributed by atoms with Gasteiger partial charge in [-0.3, -0.25) is 4.90 Å². The number of amides is 1. The van der Waals surface area contributed by atoms with Gasteiger partial charge >= 0.3 is 12.1 Å². The van der Waals surface area contributed by atoms with E-state index < -0.39 is 29.7 Å². The largest absolute Gasteiger partial charge is 0.467 e. The zero-order chi connectivity index (χ0) is 23.6. The number of fused-ring (bicyclic) bond motifs is 3. The first-order valence-corrected chi connectivity index (χ1v) is 11.1. The number of benzene rings is 2. The number of aromatic nitrogens is 1. The zero-order valence-corrected chi connectivity index (χ0v) is 19.5. The Bertz CT molecular complexity index is 1130. The lowest BCUT2D eigenvalue weighted by atomic mass is 9.92. The number of nitrogens with zero attached hydrogens (tertiary/aromatic N) is 1. The van der Waals surface area contributed by atoms with Crippen molar-refractivity contribution in [3.8, 4) is 0 Å². The number of aromatic amines is 1. The van der Waals surface area contributed by atoms with Crippen LogP contribution in [-0.2, 0) is 32.0 Å². The fraction of sp³-hybridized carbons (Fsp3) is 0.385. The Hall–Kier alpha value is -3.32. The molecule has 0 saturated carbocycles. The fourth-order valence-corrected chi connectivity index (χ4v) is 4.30. The standard InChI is InChI=1S/C26H30N2O5/c1-26(2,3)33-25(30)28-21(24(29)31-4)14-19-18-12-8-9-13-20(18)27-23(19)22(28)16-32-15-17-10-6-5-7-11-17/h5-13,21-22,27H,14-16H2,1-4H3/t21-,22-/m0/s1. The molecule has 3 aromatic rings. The van der Waals surface area contributed by atoms with Gasteiger partial charge in [-0.15, -0.1) is 0 Å². The van der Waals surface area contributed by atoms with Gasteiger partial charge in [-0.25, -0.2) is 9.59 Å². The topological polar surface area (TPSA) is 80.9 Å². The number of hydrogen-bond donors (Lipinski definition) is 1. The van der Waals surface area contributed by atoms with Gasteiger partial charge in [-0.05, 0) is 38.0 Å². The summed E-state index contributed by atoms with van der Waals surface area (Å²) in [5.74, 6) is -0.482. The molecular formula is C26H30N2O5. The van der Waals surface area contributed by atoms with E-state index in [2.05, 4.69) is 4.98 Å². The number of methoxy groups -OCH3 is 1. The van der Waals surface area contributed by atoms with Crippen LogP contribution in [0.1, 0.15) is 43.6 Å². The number of hydrogen-bond acceptors (Lipinski definition) is 5. The number of carbonyl (C=O) groups excluding carboxylic acids is 2. The predicted molar refractivity (Wildman–Crippen MR) is 125 cm³/mol. The highest BCUT2D eigenvalue weighted by Crippen LogP contribution is 2.38. The summed E-state index contributed by atoms with van der Waals surface area (Å²) in [6.45, 7) is 5.99. The van der Waals surface area contributed by atoms with Crippen LogP contribution >= 0.6 is 0 Å². The van der Waals surface area contributed by atoms with Crippen molar-refractivity contribution in [2.24, 2.45) is 0 Å². The van der Waals surface area contributed by atoms with Gasteiger partial charge in [0.2, 0.25) is 0 Å². The Kier molecular flexibility index (Phi) is 6.42. The number of ether oxygens (including phenoxy) is 3. The molecular weight excluding hydrogens is 420 g/mol. The van der Waals surface area contributed by atoms with E-state index in [0.717, 1.165) is 27.7 Å². The molecule has 0 spiro atoms. The van der Waals surface area contributed by atoms with E-state index >= 15 is 0 Å². The van der Waals surface area contributed by atoms with Gasteiger partial charge < -0.3 is 19.2 Å². The van der Waals surface area contributed by atoms with E-state index in [0.29, 0.717) is 13.0 Å². The van der Waals surface area contributed by atoms with Crippen LogP contribution in [0.5, 0.6) is 0 Å². The van der Waals surface area contributed by atoms with Crippen LogP contribution in [0, 0.1) is 0 Å². The lowest BCUT2D eigenvalue weighted by Crippen LogP contribution is -2.54. The zero-order valence-electron chi connectivity index (χ0n) is 19.5. The monoisotopic (exact) mass is 450 g/mol. The molecule has 2 aromatic carbocycles. The van der Waals surface area contributed by atoms with Crippen molar-refractivity contribution in [3.05, 3.63) is 71.4 Å². The molecule has 33 heavy (non-hydrogen) atoms. The average molecular weight is 451 g/mol. The van der Waals surface area contributed by atoms with E-state index in [1.807, 2.05) is 54.6 Å². The third kappa shape index (κ3) is 4.88. The van der Waals surface area contributed by atoms with Crippen LogP contribution in [-0.4, -0.2) is 47.3 Å². The molecule has 2 atom stereocenters. The van der Waals surface area contributed by atoms with Crippen molar-refractivity contribution in [2.45, 2.75) is 51.5 Å². The Morgan fingerprint density at radius 3 is 2.45 bits per heavy atom. The van der Waals surface area contributed by atoms with Gasteiger partial charge in [-0.1, -0.05) is 48.5 Å². The van der Waals surface area contributed by atoms with Gasteiger partial charge in [-0.2, -0.15) is 0 Å². The van der Waals surface area contributed by atoms with Crippen LogP contribution in [0.25, 0.3) is 10.9 Å². The molecule has 2 heterocycles. The molecule has 1 aliphatic rings. The highest BCUT2D eigenvalue weighted by Gasteiger charge is 2.45. The van der Waals surface area contributed by atoms with Gasteiger partial charge in [0.15, 0.2) is 0 Å². The summed E-state index contributed by atoms with van der Waals surface area (Å²) in [6.07, 6.45) is -0.240. The van der Waals surface area contributed by atoms with Crippen molar-refractivity contribution in [2.75, 3.05) is 13.7 Å². The molecule has 0 radical (unpaired) electrons. The Morgan fingerprint density at radius 2 is 1.76 bits per heavy atom. The summed E-state index contributed by atoms with van der Waals surface area (Å²) in [7, 11) is 1.33. The molecule has 4 rings (SSSR count). The summed E-state index contributed by atoms with van der Waals surface area (Å²) in [5.41, 5.74) is 3.11. The first-order valence-electron chi connectivity index (χ1n) is 11.1. The number of para-hydroxylation sites is 1. The second-order valence-corrected chi connectivity index (χ2v) is 9.21. The van der Waals surface area contributed by atoms with E-state index in [1.165, 1.54) is 12.0 Å². The molecule has 1 N–H and O–H groups in total. The summed E-state index contributed by atoms with van der Waals surface area (Å²) >= 11 is 0. The van der Waals surface area contributed by atoms with E-state index in [4.69, 9.17) is 14.2 Å². The maximum atomic E-state index is 13.3. The molecule has 0 bridgehead atoms. The maximum absolute atomic E-state index is 13.3. The maximum Gasteiger partial charge on any atom is 0.411 e. The quantitative estimate of drug-likeness (QED) is 0.567. The number of nitrogens with one attached hydrogen (secondary N) is 1. The normalized spacial score (nSPS) is 18.1. The summed E-state index contributed by atoms with van der Waals surface area (Å²) in [6, 6.07) is 16.4. The number of rotatable bonds is 5. The average Bonchev–Trinajstić information content (AvgIpc) is 3.16. The second kappa shape index (κ2) is 9.27. The van der Waals surface area contributed by atoms with Crippen LogP contribution in [0.2, 0.25) is 0 Å².